The molecule has 0 fully saturated rings. The summed E-state index contributed by atoms with van der Waals surface area (Å²) in [6.45, 7) is 2.11. The van der Waals surface area contributed by atoms with E-state index in [0.717, 1.165) is 29.9 Å². The summed E-state index contributed by atoms with van der Waals surface area (Å²) in [7, 11) is 0. The lowest BCUT2D eigenvalue weighted by Gasteiger charge is -2.02. The van der Waals surface area contributed by atoms with E-state index in [9.17, 15) is 0 Å². The maximum absolute atomic E-state index is 5.95. The Morgan fingerprint density at radius 1 is 1.40 bits per heavy atom. The standard InChI is InChI=1S/C11H11ClN2S/c1-2-3-11-13-9(6-10(12)14-11)8-4-5-15-7-8/h4-7H,2-3H2,1H3. The van der Waals surface area contributed by atoms with Crippen molar-refractivity contribution in [1.29, 1.82) is 0 Å². The molecule has 0 atom stereocenters. The van der Waals surface area contributed by atoms with Crippen LogP contribution in [0.15, 0.2) is 22.9 Å². The molecule has 15 heavy (non-hydrogen) atoms. The molecule has 2 aromatic heterocycles. The first-order valence-electron chi connectivity index (χ1n) is 4.85. The largest absolute Gasteiger partial charge is 0.233 e. The van der Waals surface area contributed by atoms with Gasteiger partial charge in [0.25, 0.3) is 0 Å². The molecule has 0 saturated carbocycles. The minimum absolute atomic E-state index is 0.523. The average Bonchev–Trinajstić information content (AvgIpc) is 2.70. The molecule has 0 N–H and O–H groups in total. The van der Waals surface area contributed by atoms with Gasteiger partial charge in [-0.2, -0.15) is 11.3 Å². The summed E-state index contributed by atoms with van der Waals surface area (Å²) in [5.41, 5.74) is 2.03. The first kappa shape index (κ1) is 10.6. The highest BCUT2D eigenvalue weighted by atomic mass is 35.5. The van der Waals surface area contributed by atoms with Crippen LogP contribution < -0.4 is 0 Å². The minimum Gasteiger partial charge on any atom is -0.233 e. The molecule has 0 aliphatic carbocycles. The summed E-state index contributed by atoms with van der Waals surface area (Å²) in [6.07, 6.45) is 1.90. The highest BCUT2D eigenvalue weighted by molar-refractivity contribution is 7.08. The van der Waals surface area contributed by atoms with E-state index in [1.807, 2.05) is 17.5 Å². The predicted octanol–water partition coefficient (Wildman–Crippen LogP) is 3.81. The Morgan fingerprint density at radius 3 is 2.93 bits per heavy atom. The summed E-state index contributed by atoms with van der Waals surface area (Å²) in [5.74, 6) is 0.825. The van der Waals surface area contributed by atoms with Crippen LogP contribution in [0.5, 0.6) is 0 Å². The molecular weight excluding hydrogens is 228 g/mol. The molecule has 2 rings (SSSR count). The van der Waals surface area contributed by atoms with Crippen LogP contribution in [0.2, 0.25) is 5.15 Å². The highest BCUT2D eigenvalue weighted by Gasteiger charge is 2.05. The molecule has 0 unspecified atom stereocenters. The summed E-state index contributed by atoms with van der Waals surface area (Å²) >= 11 is 7.61. The SMILES string of the molecule is CCCc1nc(Cl)cc(-c2ccsc2)n1. The fourth-order valence-electron chi connectivity index (χ4n) is 1.36. The second-order valence-corrected chi connectivity index (χ2v) is 4.42. The molecule has 0 radical (unpaired) electrons. The summed E-state index contributed by atoms with van der Waals surface area (Å²) in [6, 6.07) is 3.85. The Kier molecular flexibility index (Phi) is 3.34. The van der Waals surface area contributed by atoms with Crippen LogP contribution in [-0.4, -0.2) is 9.97 Å². The quantitative estimate of drug-likeness (QED) is 0.760. The maximum atomic E-state index is 5.95. The number of hydrogen-bond donors (Lipinski definition) is 0. The molecule has 0 aromatic carbocycles. The van der Waals surface area contributed by atoms with E-state index in [1.165, 1.54) is 0 Å². The zero-order valence-corrected chi connectivity index (χ0v) is 9.98. The molecule has 2 nitrogen and oxygen atoms in total. The molecule has 0 aliphatic heterocycles. The molecule has 4 heteroatoms. The van der Waals surface area contributed by atoms with E-state index in [1.54, 1.807) is 11.3 Å². The number of rotatable bonds is 3. The van der Waals surface area contributed by atoms with Gasteiger partial charge in [0.2, 0.25) is 0 Å². The molecule has 2 heterocycles. The Bertz CT molecular complexity index is 440. The Balaban J connectivity index is 2.40. The van der Waals surface area contributed by atoms with Crippen molar-refractivity contribution in [1.82, 2.24) is 9.97 Å². The normalized spacial score (nSPS) is 10.5. The van der Waals surface area contributed by atoms with Gasteiger partial charge in [-0.15, -0.1) is 0 Å². The summed E-state index contributed by atoms with van der Waals surface area (Å²) in [5, 5.41) is 4.62. The first-order valence-corrected chi connectivity index (χ1v) is 6.17. The fourth-order valence-corrected chi connectivity index (χ4v) is 2.21. The van der Waals surface area contributed by atoms with E-state index in [2.05, 4.69) is 22.3 Å². The van der Waals surface area contributed by atoms with E-state index < -0.39 is 0 Å². The third-order valence-corrected chi connectivity index (χ3v) is 2.91. The van der Waals surface area contributed by atoms with Crippen molar-refractivity contribution in [3.63, 3.8) is 0 Å². The van der Waals surface area contributed by atoms with Gasteiger partial charge in [-0.1, -0.05) is 18.5 Å². The van der Waals surface area contributed by atoms with Gasteiger partial charge in [-0.3, -0.25) is 0 Å². The van der Waals surface area contributed by atoms with Crippen molar-refractivity contribution in [2.45, 2.75) is 19.8 Å². The van der Waals surface area contributed by atoms with Crippen LogP contribution >= 0.6 is 22.9 Å². The Morgan fingerprint density at radius 2 is 2.27 bits per heavy atom. The molecule has 0 spiro atoms. The van der Waals surface area contributed by atoms with Crippen LogP contribution in [0.25, 0.3) is 11.3 Å². The molecule has 2 aromatic rings. The van der Waals surface area contributed by atoms with Crippen LogP contribution in [0, 0.1) is 0 Å². The van der Waals surface area contributed by atoms with Crippen molar-refractivity contribution in [3.8, 4) is 11.3 Å². The van der Waals surface area contributed by atoms with Gasteiger partial charge in [0, 0.05) is 23.4 Å². The molecular formula is C11H11ClN2S. The number of thiophene rings is 1. The Hall–Kier alpha value is -0.930. The van der Waals surface area contributed by atoms with Gasteiger partial charge in [-0.25, -0.2) is 9.97 Å². The van der Waals surface area contributed by atoms with Gasteiger partial charge >= 0.3 is 0 Å². The molecule has 78 valence electrons. The molecule has 0 bridgehead atoms. The maximum Gasteiger partial charge on any atom is 0.133 e. The van der Waals surface area contributed by atoms with E-state index in [-0.39, 0.29) is 0 Å². The van der Waals surface area contributed by atoms with Crippen LogP contribution in [-0.2, 0) is 6.42 Å². The average molecular weight is 239 g/mol. The summed E-state index contributed by atoms with van der Waals surface area (Å²) in [4.78, 5) is 8.67. The van der Waals surface area contributed by atoms with Gasteiger partial charge in [-0.05, 0) is 17.9 Å². The third kappa shape index (κ3) is 2.55. The van der Waals surface area contributed by atoms with E-state index in [0.29, 0.717) is 5.15 Å². The zero-order valence-electron chi connectivity index (χ0n) is 8.40. The van der Waals surface area contributed by atoms with Crippen LogP contribution in [0.1, 0.15) is 19.2 Å². The second-order valence-electron chi connectivity index (χ2n) is 3.25. The summed E-state index contributed by atoms with van der Waals surface area (Å²) < 4.78 is 0. The molecule has 0 amide bonds. The van der Waals surface area contributed by atoms with Crippen LogP contribution in [0.3, 0.4) is 0 Å². The monoisotopic (exact) mass is 238 g/mol. The number of aromatic nitrogens is 2. The Labute approximate surface area is 98.0 Å². The highest BCUT2D eigenvalue weighted by Crippen LogP contribution is 2.22. The van der Waals surface area contributed by atoms with Gasteiger partial charge in [0.1, 0.15) is 11.0 Å². The molecule has 0 saturated heterocycles. The lowest BCUT2D eigenvalue weighted by Crippen LogP contribution is -1.96. The number of aryl methyl sites for hydroxylation is 1. The van der Waals surface area contributed by atoms with Gasteiger partial charge < -0.3 is 0 Å². The first-order chi connectivity index (χ1) is 7.29. The van der Waals surface area contributed by atoms with Crippen LogP contribution in [0.4, 0.5) is 0 Å². The lowest BCUT2D eigenvalue weighted by molar-refractivity contribution is 0.837. The van der Waals surface area contributed by atoms with Crippen molar-refractivity contribution < 1.29 is 0 Å². The van der Waals surface area contributed by atoms with Gasteiger partial charge in [0.15, 0.2) is 0 Å². The third-order valence-electron chi connectivity index (χ3n) is 2.03. The van der Waals surface area contributed by atoms with E-state index in [4.69, 9.17) is 11.6 Å². The van der Waals surface area contributed by atoms with Crippen molar-refractivity contribution in [2.75, 3.05) is 0 Å². The zero-order chi connectivity index (χ0) is 10.7. The van der Waals surface area contributed by atoms with E-state index >= 15 is 0 Å². The number of halogens is 1. The van der Waals surface area contributed by atoms with Gasteiger partial charge in [0.05, 0.1) is 5.69 Å². The second kappa shape index (κ2) is 4.73. The van der Waals surface area contributed by atoms with Crippen molar-refractivity contribution >= 4 is 22.9 Å². The number of hydrogen-bond acceptors (Lipinski definition) is 3. The number of nitrogens with zero attached hydrogens (tertiary/aromatic N) is 2. The predicted molar refractivity (Wildman–Crippen MR) is 64.4 cm³/mol. The van der Waals surface area contributed by atoms with Crippen molar-refractivity contribution in [2.24, 2.45) is 0 Å². The smallest absolute Gasteiger partial charge is 0.133 e. The fraction of sp³-hybridized carbons (Fsp3) is 0.273. The lowest BCUT2D eigenvalue weighted by atomic mass is 10.2. The van der Waals surface area contributed by atoms with Crippen molar-refractivity contribution in [3.05, 3.63) is 33.9 Å². The molecule has 0 aliphatic rings. The minimum atomic E-state index is 0.523. The topological polar surface area (TPSA) is 25.8 Å².